The number of benzene rings is 2. The van der Waals surface area contributed by atoms with Crippen LogP contribution in [0.1, 0.15) is 5.56 Å². The minimum atomic E-state index is -0.256. The van der Waals surface area contributed by atoms with Crippen molar-refractivity contribution in [2.45, 2.75) is 6.54 Å². The van der Waals surface area contributed by atoms with Gasteiger partial charge in [-0.15, -0.1) is 0 Å². The molecule has 0 saturated heterocycles. The highest BCUT2D eigenvalue weighted by atomic mass is 16.3. The highest BCUT2D eigenvalue weighted by Gasteiger charge is 2.13. The maximum atomic E-state index is 12.2. The van der Waals surface area contributed by atoms with Crippen LogP contribution in [0.5, 0.6) is 5.75 Å². The van der Waals surface area contributed by atoms with E-state index in [1.54, 1.807) is 12.1 Å². The van der Waals surface area contributed by atoms with Crippen LogP contribution in [0.4, 0.5) is 5.69 Å². The number of hydrogen-bond acceptors (Lipinski definition) is 3. The standard InChI is InChI=1S/C17H16N2O2/c1-19(12-7-3-2-4-8-12)11-14-16(20)13-9-5-6-10-15(13)18-17(14)21/h2-10H,11H2,1H3,(H2,18,20,21). The molecule has 0 aliphatic carbocycles. The van der Waals surface area contributed by atoms with Crippen molar-refractivity contribution in [2.24, 2.45) is 0 Å². The Morgan fingerprint density at radius 2 is 1.71 bits per heavy atom. The van der Waals surface area contributed by atoms with Crippen molar-refractivity contribution in [1.29, 1.82) is 0 Å². The van der Waals surface area contributed by atoms with Gasteiger partial charge in [0.25, 0.3) is 5.56 Å². The zero-order valence-electron chi connectivity index (χ0n) is 11.7. The number of rotatable bonds is 3. The minimum Gasteiger partial charge on any atom is -0.507 e. The van der Waals surface area contributed by atoms with E-state index in [9.17, 15) is 9.90 Å². The first-order valence-corrected chi connectivity index (χ1v) is 6.76. The SMILES string of the molecule is CN(Cc1c(O)c2ccccc2[nH]c1=O)c1ccccc1. The maximum Gasteiger partial charge on any atom is 0.257 e. The Hall–Kier alpha value is -2.75. The van der Waals surface area contributed by atoms with Crippen LogP contribution >= 0.6 is 0 Å². The second-order valence-corrected chi connectivity index (χ2v) is 5.02. The molecule has 2 aromatic carbocycles. The third kappa shape index (κ3) is 2.48. The van der Waals surface area contributed by atoms with Crippen LogP contribution in [0.3, 0.4) is 0 Å². The molecular formula is C17H16N2O2. The first kappa shape index (κ1) is 13.2. The van der Waals surface area contributed by atoms with Crippen molar-refractivity contribution in [3.63, 3.8) is 0 Å². The first-order valence-electron chi connectivity index (χ1n) is 6.76. The van der Waals surface area contributed by atoms with Gasteiger partial charge in [-0.05, 0) is 24.3 Å². The summed E-state index contributed by atoms with van der Waals surface area (Å²) in [5.74, 6) is 0.0529. The smallest absolute Gasteiger partial charge is 0.257 e. The number of H-pyrrole nitrogens is 1. The third-order valence-corrected chi connectivity index (χ3v) is 3.58. The zero-order chi connectivity index (χ0) is 14.8. The van der Waals surface area contributed by atoms with Gasteiger partial charge in [-0.1, -0.05) is 30.3 Å². The minimum absolute atomic E-state index is 0.0529. The van der Waals surface area contributed by atoms with Crippen LogP contribution in [-0.4, -0.2) is 17.1 Å². The van der Waals surface area contributed by atoms with Crippen LogP contribution in [0, 0.1) is 0 Å². The summed E-state index contributed by atoms with van der Waals surface area (Å²) in [6, 6.07) is 17.0. The monoisotopic (exact) mass is 280 g/mol. The molecule has 106 valence electrons. The number of hydrogen-bond donors (Lipinski definition) is 2. The number of aromatic amines is 1. The number of fused-ring (bicyclic) bond motifs is 1. The summed E-state index contributed by atoms with van der Waals surface area (Å²) in [6.45, 7) is 0.343. The van der Waals surface area contributed by atoms with E-state index >= 15 is 0 Å². The summed E-state index contributed by atoms with van der Waals surface area (Å²) in [5, 5.41) is 11.0. The second kappa shape index (κ2) is 5.32. The molecule has 4 heteroatoms. The average Bonchev–Trinajstić information content (AvgIpc) is 2.52. The lowest BCUT2D eigenvalue weighted by molar-refractivity contribution is 0.472. The van der Waals surface area contributed by atoms with Crippen molar-refractivity contribution in [3.8, 4) is 5.75 Å². The van der Waals surface area contributed by atoms with Gasteiger partial charge in [0.15, 0.2) is 0 Å². The van der Waals surface area contributed by atoms with Crippen molar-refractivity contribution in [1.82, 2.24) is 4.98 Å². The molecule has 3 aromatic rings. The molecule has 3 rings (SSSR count). The van der Waals surface area contributed by atoms with Gasteiger partial charge in [-0.2, -0.15) is 0 Å². The van der Waals surface area contributed by atoms with Crippen LogP contribution in [0.25, 0.3) is 10.9 Å². The van der Waals surface area contributed by atoms with Crippen molar-refractivity contribution in [3.05, 3.63) is 70.5 Å². The van der Waals surface area contributed by atoms with Gasteiger partial charge in [0, 0.05) is 18.1 Å². The lowest BCUT2D eigenvalue weighted by atomic mass is 10.1. The van der Waals surface area contributed by atoms with E-state index in [4.69, 9.17) is 0 Å². The molecular weight excluding hydrogens is 264 g/mol. The molecule has 0 aliphatic rings. The zero-order valence-corrected chi connectivity index (χ0v) is 11.7. The number of aromatic hydroxyl groups is 1. The van der Waals surface area contributed by atoms with Crippen molar-refractivity contribution >= 4 is 16.6 Å². The number of pyridine rings is 1. The number of para-hydroxylation sites is 2. The molecule has 0 atom stereocenters. The lowest BCUT2D eigenvalue weighted by Gasteiger charge is -2.19. The Morgan fingerprint density at radius 3 is 2.48 bits per heavy atom. The molecule has 0 aliphatic heterocycles. The Bertz CT molecular complexity index is 825. The van der Waals surface area contributed by atoms with E-state index < -0.39 is 0 Å². The van der Waals surface area contributed by atoms with Crippen LogP contribution in [0.2, 0.25) is 0 Å². The molecule has 0 fully saturated rings. The Morgan fingerprint density at radius 1 is 1.05 bits per heavy atom. The van der Waals surface area contributed by atoms with E-state index in [1.807, 2.05) is 54.4 Å². The quantitative estimate of drug-likeness (QED) is 0.775. The molecule has 21 heavy (non-hydrogen) atoms. The van der Waals surface area contributed by atoms with Crippen molar-refractivity contribution < 1.29 is 5.11 Å². The Labute approximate surface area is 122 Å². The van der Waals surface area contributed by atoms with Gasteiger partial charge in [0.1, 0.15) is 5.75 Å². The fraction of sp³-hybridized carbons (Fsp3) is 0.118. The summed E-state index contributed by atoms with van der Waals surface area (Å²) >= 11 is 0. The predicted molar refractivity (Wildman–Crippen MR) is 84.8 cm³/mol. The van der Waals surface area contributed by atoms with E-state index in [2.05, 4.69) is 4.98 Å². The van der Waals surface area contributed by atoms with Gasteiger partial charge in [0.05, 0.1) is 17.6 Å². The molecule has 0 amide bonds. The van der Waals surface area contributed by atoms with Gasteiger partial charge in [-0.3, -0.25) is 4.79 Å². The third-order valence-electron chi connectivity index (χ3n) is 3.58. The summed E-state index contributed by atoms with van der Waals surface area (Å²) in [6.07, 6.45) is 0. The number of anilines is 1. The fourth-order valence-electron chi connectivity index (χ4n) is 2.42. The largest absolute Gasteiger partial charge is 0.507 e. The highest BCUT2D eigenvalue weighted by Crippen LogP contribution is 2.26. The maximum absolute atomic E-state index is 12.2. The molecule has 0 saturated carbocycles. The number of aromatic nitrogens is 1. The van der Waals surface area contributed by atoms with E-state index in [0.29, 0.717) is 23.0 Å². The fourth-order valence-corrected chi connectivity index (χ4v) is 2.42. The second-order valence-electron chi connectivity index (χ2n) is 5.02. The highest BCUT2D eigenvalue weighted by molar-refractivity contribution is 5.85. The van der Waals surface area contributed by atoms with E-state index in [-0.39, 0.29) is 11.3 Å². The summed E-state index contributed by atoms with van der Waals surface area (Å²) in [5.41, 5.74) is 1.75. The van der Waals surface area contributed by atoms with Crippen LogP contribution in [-0.2, 0) is 6.54 Å². The molecule has 2 N–H and O–H groups in total. The van der Waals surface area contributed by atoms with Crippen molar-refractivity contribution in [2.75, 3.05) is 11.9 Å². The van der Waals surface area contributed by atoms with Gasteiger partial charge in [-0.25, -0.2) is 0 Å². The molecule has 1 heterocycles. The normalized spacial score (nSPS) is 10.7. The number of nitrogens with one attached hydrogen (secondary N) is 1. The molecule has 0 radical (unpaired) electrons. The van der Waals surface area contributed by atoms with E-state index in [1.165, 1.54) is 0 Å². The Balaban J connectivity index is 2.03. The summed E-state index contributed by atoms with van der Waals surface area (Å²) in [4.78, 5) is 16.9. The average molecular weight is 280 g/mol. The first-order chi connectivity index (χ1) is 10.2. The lowest BCUT2D eigenvalue weighted by Crippen LogP contribution is -2.23. The van der Waals surface area contributed by atoms with E-state index in [0.717, 1.165) is 5.69 Å². The molecule has 0 spiro atoms. The predicted octanol–water partition coefficient (Wildman–Crippen LogP) is 2.87. The summed E-state index contributed by atoms with van der Waals surface area (Å²) in [7, 11) is 1.89. The molecule has 0 unspecified atom stereocenters. The van der Waals surface area contributed by atoms with Gasteiger partial charge < -0.3 is 15.0 Å². The van der Waals surface area contributed by atoms with Crippen LogP contribution in [0.15, 0.2) is 59.4 Å². The topological polar surface area (TPSA) is 56.3 Å². The molecule has 4 nitrogen and oxygen atoms in total. The number of nitrogens with zero attached hydrogens (tertiary/aromatic N) is 1. The van der Waals surface area contributed by atoms with Gasteiger partial charge >= 0.3 is 0 Å². The molecule has 1 aromatic heterocycles. The molecule has 0 bridgehead atoms. The Kier molecular flexibility index (Phi) is 3.36. The van der Waals surface area contributed by atoms with Crippen LogP contribution < -0.4 is 10.5 Å². The van der Waals surface area contributed by atoms with Gasteiger partial charge in [0.2, 0.25) is 0 Å². The summed E-state index contributed by atoms with van der Waals surface area (Å²) < 4.78 is 0.